The summed E-state index contributed by atoms with van der Waals surface area (Å²) in [7, 11) is 0. The monoisotopic (exact) mass is 384 g/mol. The molecule has 0 spiro atoms. The third-order valence-corrected chi connectivity index (χ3v) is 6.48. The highest BCUT2D eigenvalue weighted by molar-refractivity contribution is 8.00. The zero-order valence-electron chi connectivity index (χ0n) is 15.7. The molecule has 4 rings (SSSR count). The second-order valence-electron chi connectivity index (χ2n) is 7.37. The molecule has 0 bridgehead atoms. The molecule has 0 saturated heterocycles. The van der Waals surface area contributed by atoms with Crippen LogP contribution in [-0.4, -0.2) is 38.7 Å². The lowest BCUT2D eigenvalue weighted by molar-refractivity contribution is -0.116. The second kappa shape index (κ2) is 7.46. The predicted octanol–water partition coefficient (Wildman–Crippen LogP) is 3.73. The molecule has 1 aliphatic carbocycles. The van der Waals surface area contributed by atoms with Crippen LogP contribution in [0.1, 0.15) is 67.2 Å². The molecule has 7 heteroatoms. The first kappa shape index (κ1) is 18.2. The quantitative estimate of drug-likeness (QED) is 0.628. The first-order valence-corrected chi connectivity index (χ1v) is 10.4. The van der Waals surface area contributed by atoms with Crippen LogP contribution in [0.15, 0.2) is 23.4 Å². The smallest absolute Gasteiger partial charge is 0.223 e. The first-order valence-electron chi connectivity index (χ1n) is 9.57. The van der Waals surface area contributed by atoms with Gasteiger partial charge in [0, 0.05) is 30.6 Å². The molecule has 2 heterocycles. The van der Waals surface area contributed by atoms with Gasteiger partial charge in [-0.2, -0.15) is 0 Å². The lowest BCUT2D eigenvalue weighted by Crippen LogP contribution is -2.25. The van der Waals surface area contributed by atoms with Gasteiger partial charge >= 0.3 is 0 Å². The molecule has 1 aromatic heterocycles. The van der Waals surface area contributed by atoms with Crippen LogP contribution in [0.5, 0.6) is 0 Å². The van der Waals surface area contributed by atoms with Gasteiger partial charge in [-0.1, -0.05) is 24.6 Å². The number of carbonyl (C=O) groups excluding carboxylic acids is 2. The van der Waals surface area contributed by atoms with Gasteiger partial charge in [0.15, 0.2) is 5.78 Å². The number of fused-ring (bicyclic) bond motifs is 1. The number of Topliss-reactive ketones (excluding diaryl/α,β-unsaturated/α-hetero) is 1. The Morgan fingerprint density at radius 2 is 2.07 bits per heavy atom. The second-order valence-corrected chi connectivity index (χ2v) is 8.68. The predicted molar refractivity (Wildman–Crippen MR) is 105 cm³/mol. The van der Waals surface area contributed by atoms with E-state index in [4.69, 9.17) is 0 Å². The first-order chi connectivity index (χ1) is 13.0. The molecule has 6 nitrogen and oxygen atoms in total. The molecular weight excluding hydrogens is 360 g/mol. The van der Waals surface area contributed by atoms with Crippen LogP contribution in [0, 0.1) is 0 Å². The van der Waals surface area contributed by atoms with Crippen molar-refractivity contribution in [2.75, 3.05) is 11.4 Å². The van der Waals surface area contributed by atoms with Crippen LogP contribution < -0.4 is 4.90 Å². The Morgan fingerprint density at radius 1 is 1.30 bits per heavy atom. The molecule has 1 amide bonds. The number of anilines is 1. The van der Waals surface area contributed by atoms with E-state index in [1.165, 1.54) is 37.4 Å². The number of nitrogens with zero attached hydrogens (tertiary/aromatic N) is 3. The lowest BCUT2D eigenvalue weighted by Gasteiger charge is -2.15. The minimum absolute atomic E-state index is 0.0411. The van der Waals surface area contributed by atoms with Gasteiger partial charge in [0.1, 0.15) is 5.82 Å². The summed E-state index contributed by atoms with van der Waals surface area (Å²) in [4.78, 5) is 30.9. The van der Waals surface area contributed by atoms with E-state index in [9.17, 15) is 9.59 Å². The maximum Gasteiger partial charge on any atom is 0.223 e. The van der Waals surface area contributed by atoms with Gasteiger partial charge in [0.2, 0.25) is 11.1 Å². The Morgan fingerprint density at radius 3 is 2.81 bits per heavy atom. The molecule has 1 saturated carbocycles. The van der Waals surface area contributed by atoms with Crippen molar-refractivity contribution >= 4 is 29.1 Å². The van der Waals surface area contributed by atoms with Gasteiger partial charge in [-0.25, -0.2) is 4.98 Å². The zero-order chi connectivity index (χ0) is 19.0. The van der Waals surface area contributed by atoms with E-state index in [2.05, 4.69) is 15.2 Å². The van der Waals surface area contributed by atoms with Crippen LogP contribution in [0.25, 0.3) is 0 Å². The van der Waals surface area contributed by atoms with E-state index < -0.39 is 0 Å². The molecule has 2 aromatic rings. The number of H-pyrrole nitrogens is 1. The Kier molecular flexibility index (Phi) is 5.04. The van der Waals surface area contributed by atoms with E-state index >= 15 is 0 Å². The van der Waals surface area contributed by atoms with Crippen LogP contribution >= 0.6 is 11.8 Å². The summed E-state index contributed by atoms with van der Waals surface area (Å²) in [5.41, 5.74) is 2.68. The summed E-state index contributed by atoms with van der Waals surface area (Å²) in [6.45, 7) is 4.16. The highest BCUT2D eigenvalue weighted by atomic mass is 32.2. The number of aromatic amines is 1. The zero-order valence-corrected chi connectivity index (χ0v) is 16.5. The largest absolute Gasteiger partial charge is 0.312 e. The van der Waals surface area contributed by atoms with Crippen molar-refractivity contribution in [3.63, 3.8) is 0 Å². The maximum absolute atomic E-state index is 12.9. The van der Waals surface area contributed by atoms with E-state index in [1.807, 2.05) is 25.1 Å². The Labute approximate surface area is 163 Å². The molecule has 27 heavy (non-hydrogen) atoms. The van der Waals surface area contributed by atoms with Crippen molar-refractivity contribution in [3.05, 3.63) is 35.2 Å². The fourth-order valence-electron chi connectivity index (χ4n) is 4.02. The van der Waals surface area contributed by atoms with Crippen LogP contribution in [-0.2, 0) is 11.2 Å². The molecule has 1 aliphatic heterocycles. The highest BCUT2D eigenvalue weighted by Crippen LogP contribution is 2.34. The molecule has 142 valence electrons. The van der Waals surface area contributed by atoms with Crippen molar-refractivity contribution in [1.29, 1.82) is 0 Å². The number of ketones is 1. The van der Waals surface area contributed by atoms with Crippen molar-refractivity contribution in [1.82, 2.24) is 15.2 Å². The van der Waals surface area contributed by atoms with E-state index in [0.29, 0.717) is 23.2 Å². The van der Waals surface area contributed by atoms with Gasteiger partial charge in [-0.3, -0.25) is 14.7 Å². The molecule has 0 radical (unpaired) electrons. The van der Waals surface area contributed by atoms with Crippen LogP contribution in [0.3, 0.4) is 0 Å². The van der Waals surface area contributed by atoms with Crippen LogP contribution in [0.2, 0.25) is 0 Å². The number of nitrogens with one attached hydrogen (secondary N) is 1. The summed E-state index contributed by atoms with van der Waals surface area (Å²) >= 11 is 1.40. The number of rotatable bonds is 5. The third-order valence-electron chi connectivity index (χ3n) is 5.52. The van der Waals surface area contributed by atoms with Crippen molar-refractivity contribution in [2.45, 2.75) is 62.3 Å². The standard InChI is InChI=1S/C20H24N4O2S/c1-12(27-20-21-19(22-23-20)14-5-3-4-6-14)18(26)16-7-8-17-15(11-16)9-10-24(17)13(2)25/h7-8,11-12,14H,3-6,9-10H2,1-2H3,(H,21,22,23)/t12-/m1/s1. The van der Waals surface area contributed by atoms with Gasteiger partial charge in [-0.15, -0.1) is 5.10 Å². The van der Waals surface area contributed by atoms with Gasteiger partial charge < -0.3 is 4.90 Å². The average molecular weight is 385 g/mol. The number of hydrogen-bond acceptors (Lipinski definition) is 5. The molecule has 1 atom stereocenters. The van der Waals surface area contributed by atoms with E-state index in [0.717, 1.165) is 23.5 Å². The minimum Gasteiger partial charge on any atom is -0.312 e. The van der Waals surface area contributed by atoms with E-state index in [-0.39, 0.29) is 16.9 Å². The normalized spacial score (nSPS) is 17.9. The van der Waals surface area contributed by atoms with Gasteiger partial charge in [0.25, 0.3) is 0 Å². The van der Waals surface area contributed by atoms with Gasteiger partial charge in [0.05, 0.1) is 5.25 Å². The Hall–Kier alpha value is -2.15. The molecule has 2 aliphatic rings. The summed E-state index contributed by atoms with van der Waals surface area (Å²) in [6, 6.07) is 5.64. The molecular formula is C20H24N4O2S. The number of aromatic nitrogens is 3. The van der Waals surface area contributed by atoms with Crippen LogP contribution in [0.4, 0.5) is 5.69 Å². The minimum atomic E-state index is -0.263. The fourth-order valence-corrected chi connectivity index (χ4v) is 4.83. The van der Waals surface area contributed by atoms with Crippen molar-refractivity contribution in [3.8, 4) is 0 Å². The molecule has 1 aromatic carbocycles. The molecule has 1 N–H and O–H groups in total. The summed E-state index contributed by atoms with van der Waals surface area (Å²) in [5.74, 6) is 1.55. The number of benzene rings is 1. The topological polar surface area (TPSA) is 79.0 Å². The number of hydrogen-bond donors (Lipinski definition) is 1. The average Bonchev–Trinajstić information content (AvgIpc) is 3.39. The molecule has 0 unspecified atom stereocenters. The van der Waals surface area contributed by atoms with Crippen molar-refractivity contribution in [2.24, 2.45) is 0 Å². The fraction of sp³-hybridized carbons (Fsp3) is 0.500. The molecule has 1 fully saturated rings. The SMILES string of the molecule is CC(=O)N1CCc2cc(C(=O)[C@@H](C)Sc3n[nH]c(C4CCCC4)n3)ccc21. The van der Waals surface area contributed by atoms with E-state index in [1.54, 1.807) is 11.8 Å². The number of carbonyl (C=O) groups is 2. The van der Waals surface area contributed by atoms with Gasteiger partial charge in [-0.05, 0) is 49.9 Å². The third kappa shape index (κ3) is 3.65. The van der Waals surface area contributed by atoms with Crippen molar-refractivity contribution < 1.29 is 9.59 Å². The highest BCUT2D eigenvalue weighted by Gasteiger charge is 2.26. The Balaban J connectivity index is 1.44. The Bertz CT molecular complexity index is 873. The summed E-state index contributed by atoms with van der Waals surface area (Å²) < 4.78 is 0. The lowest BCUT2D eigenvalue weighted by atomic mass is 10.0. The maximum atomic E-state index is 12.9. The number of thioether (sulfide) groups is 1. The number of amides is 1. The summed E-state index contributed by atoms with van der Waals surface area (Å²) in [5, 5.41) is 7.72. The summed E-state index contributed by atoms with van der Waals surface area (Å²) in [6.07, 6.45) is 5.63.